The lowest BCUT2D eigenvalue weighted by Gasteiger charge is -1.90. The van der Waals surface area contributed by atoms with E-state index in [2.05, 4.69) is 25.4 Å². The van der Waals surface area contributed by atoms with E-state index in [9.17, 15) is 0 Å². The van der Waals surface area contributed by atoms with E-state index in [1.54, 1.807) is 6.08 Å². The molecule has 0 heterocycles. The fraction of sp³-hybridized carbons (Fsp3) is 0.444. The van der Waals surface area contributed by atoms with E-state index in [-0.39, 0.29) is 0 Å². The third-order valence-electron chi connectivity index (χ3n) is 1.34. The highest BCUT2D eigenvalue weighted by Crippen LogP contribution is 1.97. The Bertz CT molecular complexity index is 164. The predicted octanol–water partition coefficient (Wildman–Crippen LogP) is 2.95. The van der Waals surface area contributed by atoms with Gasteiger partial charge in [0.1, 0.15) is 0 Å². The third-order valence-corrected chi connectivity index (χ3v) is 1.34. The van der Waals surface area contributed by atoms with Crippen LogP contribution in [0.3, 0.4) is 0 Å². The van der Waals surface area contributed by atoms with Crippen LogP contribution in [0.15, 0.2) is 29.4 Å². The van der Waals surface area contributed by atoms with Crippen LogP contribution in [0, 0.1) is 0 Å². The van der Waals surface area contributed by atoms with E-state index in [0.29, 0.717) is 0 Å². The van der Waals surface area contributed by atoms with Gasteiger partial charge in [-0.05, 0) is 26.3 Å². The lowest BCUT2D eigenvalue weighted by Crippen LogP contribution is -1.80. The molecule has 0 aromatic heterocycles. The molecule has 0 radical (unpaired) electrons. The summed E-state index contributed by atoms with van der Waals surface area (Å²) >= 11 is 0. The molecule has 0 N–H and O–H groups in total. The number of rotatable bonds is 3. The smallest absolute Gasteiger partial charge is 0.0366 e. The van der Waals surface area contributed by atoms with E-state index in [4.69, 9.17) is 0 Å². The van der Waals surface area contributed by atoms with Gasteiger partial charge in [-0.1, -0.05) is 19.1 Å². The average Bonchev–Trinajstić information content (AvgIpc) is 1.99. The molecule has 0 unspecified atom stereocenters. The number of allylic oxidation sites excluding steroid dienone is 2. The third kappa shape index (κ3) is 4.07. The maximum atomic E-state index is 4.15. The first kappa shape index (κ1) is 9.15. The summed E-state index contributed by atoms with van der Waals surface area (Å²) < 4.78 is 0. The van der Waals surface area contributed by atoms with Gasteiger partial charge in [0.15, 0.2) is 0 Å². The molecule has 56 valence electrons. The predicted molar refractivity (Wildman–Crippen MR) is 47.4 cm³/mol. The Labute approximate surface area is 63.2 Å². The van der Waals surface area contributed by atoms with Crippen LogP contribution < -0.4 is 0 Å². The maximum Gasteiger partial charge on any atom is 0.0366 e. The molecule has 0 saturated heterocycles. The summed E-state index contributed by atoms with van der Waals surface area (Å²) in [5, 5.41) is 0. The van der Waals surface area contributed by atoms with Gasteiger partial charge >= 0.3 is 0 Å². The van der Waals surface area contributed by atoms with Crippen LogP contribution in [0.4, 0.5) is 0 Å². The lowest BCUT2D eigenvalue weighted by molar-refractivity contribution is 1.09. The molecule has 0 bridgehead atoms. The van der Waals surface area contributed by atoms with Gasteiger partial charge in [-0.15, -0.1) is 0 Å². The molecule has 0 aliphatic heterocycles. The minimum atomic E-state index is 0.966. The normalized spacial score (nSPS) is 13.5. The topological polar surface area (TPSA) is 12.4 Å². The fourth-order valence-electron chi connectivity index (χ4n) is 0.356. The van der Waals surface area contributed by atoms with Crippen LogP contribution in [0.5, 0.6) is 0 Å². The molecule has 1 heteroatoms. The highest BCUT2D eigenvalue weighted by atomic mass is 14.7. The van der Waals surface area contributed by atoms with Crippen LogP contribution in [0.1, 0.15) is 27.2 Å². The van der Waals surface area contributed by atoms with E-state index in [0.717, 1.165) is 12.1 Å². The monoisotopic (exact) mass is 137 g/mol. The average molecular weight is 137 g/mol. The molecule has 0 spiro atoms. The lowest BCUT2D eigenvalue weighted by atomic mass is 10.3. The van der Waals surface area contributed by atoms with Crippen LogP contribution in [-0.2, 0) is 0 Å². The minimum absolute atomic E-state index is 0.966. The Hall–Kier alpha value is -0.850. The van der Waals surface area contributed by atoms with Crippen LogP contribution >= 0.6 is 0 Å². The Kier molecular flexibility index (Phi) is 4.55. The zero-order valence-electron chi connectivity index (χ0n) is 7.02. The molecule has 0 aromatic rings. The van der Waals surface area contributed by atoms with Crippen molar-refractivity contribution in [2.75, 3.05) is 0 Å². The number of nitrogens with zero attached hydrogens (tertiary/aromatic N) is 1. The summed E-state index contributed by atoms with van der Waals surface area (Å²) in [5.74, 6) is 0. The summed E-state index contributed by atoms with van der Waals surface area (Å²) in [5.41, 5.74) is 2.26. The molecule has 0 fully saturated rings. The fourth-order valence-corrected chi connectivity index (χ4v) is 0.356. The van der Waals surface area contributed by atoms with Crippen molar-refractivity contribution < 1.29 is 0 Å². The number of hydrogen-bond donors (Lipinski definition) is 0. The molecule has 0 saturated carbocycles. The quantitative estimate of drug-likeness (QED) is 0.530. The van der Waals surface area contributed by atoms with E-state index in [1.165, 1.54) is 5.57 Å². The zero-order valence-corrected chi connectivity index (χ0v) is 7.02. The van der Waals surface area contributed by atoms with Crippen molar-refractivity contribution >= 4 is 5.71 Å². The number of hydrogen-bond acceptors (Lipinski definition) is 1. The zero-order chi connectivity index (χ0) is 7.98. The second-order valence-electron chi connectivity index (χ2n) is 2.30. The standard InChI is InChI=1S/C9H15N/c1-5-8(3)7-10-9(4)6-2/h6-7H,2,5H2,1,3-4H3/b8-7+,10-9+. The number of aliphatic imine (C=N–C) groups is 1. The molecule has 10 heavy (non-hydrogen) atoms. The summed E-state index contributed by atoms with van der Waals surface area (Å²) in [4.78, 5) is 4.15. The van der Waals surface area contributed by atoms with Crippen LogP contribution in [0.2, 0.25) is 0 Å². The summed E-state index contributed by atoms with van der Waals surface area (Å²) in [7, 11) is 0. The Morgan fingerprint density at radius 3 is 2.50 bits per heavy atom. The summed E-state index contributed by atoms with van der Waals surface area (Å²) in [6, 6.07) is 0. The molecule has 0 aliphatic rings. The SMILES string of the molecule is C=C/C(C)=N/C=C(\C)CC. The highest BCUT2D eigenvalue weighted by molar-refractivity contribution is 5.92. The molecular formula is C9H15N. The molecule has 0 amide bonds. The van der Waals surface area contributed by atoms with E-state index in [1.807, 2.05) is 13.1 Å². The Morgan fingerprint density at radius 2 is 2.10 bits per heavy atom. The first-order chi connectivity index (χ1) is 4.70. The van der Waals surface area contributed by atoms with Crippen molar-refractivity contribution in [1.29, 1.82) is 0 Å². The van der Waals surface area contributed by atoms with E-state index >= 15 is 0 Å². The van der Waals surface area contributed by atoms with Gasteiger partial charge in [0.05, 0.1) is 0 Å². The van der Waals surface area contributed by atoms with Gasteiger partial charge < -0.3 is 0 Å². The molecule has 0 aliphatic carbocycles. The van der Waals surface area contributed by atoms with Gasteiger partial charge in [-0.3, -0.25) is 4.99 Å². The summed E-state index contributed by atoms with van der Waals surface area (Å²) in [6.45, 7) is 9.73. The van der Waals surface area contributed by atoms with Crippen LogP contribution in [-0.4, -0.2) is 5.71 Å². The largest absolute Gasteiger partial charge is 0.262 e. The molecule has 0 atom stereocenters. The van der Waals surface area contributed by atoms with Crippen molar-refractivity contribution in [3.8, 4) is 0 Å². The second kappa shape index (κ2) is 4.98. The first-order valence-electron chi connectivity index (χ1n) is 3.53. The Morgan fingerprint density at radius 1 is 1.50 bits per heavy atom. The first-order valence-corrected chi connectivity index (χ1v) is 3.53. The van der Waals surface area contributed by atoms with Crippen molar-refractivity contribution in [3.63, 3.8) is 0 Å². The summed E-state index contributed by atoms with van der Waals surface area (Å²) in [6.07, 6.45) is 4.70. The van der Waals surface area contributed by atoms with Gasteiger partial charge in [-0.25, -0.2) is 0 Å². The van der Waals surface area contributed by atoms with Gasteiger partial charge in [0.2, 0.25) is 0 Å². The van der Waals surface area contributed by atoms with Gasteiger partial charge in [0, 0.05) is 11.9 Å². The van der Waals surface area contributed by atoms with Crippen molar-refractivity contribution in [2.24, 2.45) is 4.99 Å². The molecular weight excluding hydrogens is 122 g/mol. The van der Waals surface area contributed by atoms with Gasteiger partial charge in [0.25, 0.3) is 0 Å². The Balaban J connectivity index is 4.03. The van der Waals surface area contributed by atoms with E-state index < -0.39 is 0 Å². The van der Waals surface area contributed by atoms with Crippen LogP contribution in [0.25, 0.3) is 0 Å². The molecule has 0 aromatic carbocycles. The maximum absolute atomic E-state index is 4.15. The second-order valence-corrected chi connectivity index (χ2v) is 2.30. The minimum Gasteiger partial charge on any atom is -0.262 e. The van der Waals surface area contributed by atoms with Crippen molar-refractivity contribution in [3.05, 3.63) is 24.4 Å². The van der Waals surface area contributed by atoms with Gasteiger partial charge in [-0.2, -0.15) is 0 Å². The van der Waals surface area contributed by atoms with Crippen molar-refractivity contribution in [1.82, 2.24) is 0 Å². The molecule has 1 nitrogen and oxygen atoms in total. The highest BCUT2D eigenvalue weighted by Gasteiger charge is 1.80. The van der Waals surface area contributed by atoms with Crippen molar-refractivity contribution in [2.45, 2.75) is 27.2 Å². The molecule has 0 rings (SSSR count).